The molecular formula is C30H33N3O5. The molecule has 1 aliphatic carbocycles. The molecule has 1 aliphatic heterocycles. The van der Waals surface area contributed by atoms with Crippen LogP contribution in [0, 0.1) is 0 Å². The van der Waals surface area contributed by atoms with Crippen LogP contribution >= 0.6 is 0 Å². The summed E-state index contributed by atoms with van der Waals surface area (Å²) < 4.78 is 5.73. The predicted molar refractivity (Wildman–Crippen MR) is 145 cm³/mol. The molecule has 2 heterocycles. The van der Waals surface area contributed by atoms with Crippen molar-refractivity contribution < 1.29 is 24.5 Å². The number of aliphatic hydroxyl groups is 1. The first-order valence-electron chi connectivity index (χ1n) is 12.9. The maximum Gasteiger partial charge on any atom is 0.408 e. The molecule has 0 spiro atoms. The number of hydrogen-bond acceptors (Lipinski definition) is 5. The number of pyridine rings is 1. The number of amides is 2. The van der Waals surface area contributed by atoms with Crippen LogP contribution in [0.3, 0.4) is 0 Å². The lowest BCUT2D eigenvalue weighted by Gasteiger charge is -2.56. The van der Waals surface area contributed by atoms with Crippen LogP contribution in [0.15, 0.2) is 60.7 Å². The second-order valence-corrected chi connectivity index (χ2v) is 11.0. The molecule has 0 radical (unpaired) electrons. The SMILES string of the molecule is CCN1C(=O)COc2nc(-c3ccc([C@]4(N(C(=O)O)C(C)(C)C)C[C@H](O)C4)cc3)c(-c3ccccc3)cc21. The predicted octanol–water partition coefficient (Wildman–Crippen LogP) is 5.29. The number of ether oxygens (including phenoxy) is 1. The summed E-state index contributed by atoms with van der Waals surface area (Å²) in [5, 5.41) is 20.4. The molecule has 2 aliphatic rings. The van der Waals surface area contributed by atoms with Gasteiger partial charge in [0.2, 0.25) is 5.88 Å². The van der Waals surface area contributed by atoms with Gasteiger partial charge in [-0.05, 0) is 44.9 Å². The first-order valence-corrected chi connectivity index (χ1v) is 12.9. The standard InChI is InChI=1S/C30H33N3O5/c1-5-32-24-15-23(19-9-7-6-8-10-19)26(31-27(24)38-18-25(32)35)20-11-13-21(14-12-20)30(16-22(34)17-30)33(28(36)37)29(2,3)4/h6-15,22,34H,5,16-18H2,1-4H3,(H,36,37)/t22-,30-. The van der Waals surface area contributed by atoms with Crippen molar-refractivity contribution in [1.29, 1.82) is 0 Å². The number of likely N-dealkylation sites (N-methyl/N-ethyl adjacent to an activating group) is 1. The number of benzene rings is 2. The smallest absolute Gasteiger partial charge is 0.408 e. The summed E-state index contributed by atoms with van der Waals surface area (Å²) in [4.78, 5) is 32.8. The molecule has 8 nitrogen and oxygen atoms in total. The van der Waals surface area contributed by atoms with Gasteiger partial charge in [0.25, 0.3) is 5.91 Å². The van der Waals surface area contributed by atoms with Crippen molar-refractivity contribution in [3.05, 3.63) is 66.2 Å². The zero-order chi connectivity index (χ0) is 27.2. The van der Waals surface area contributed by atoms with Crippen molar-refractivity contribution in [2.24, 2.45) is 0 Å². The molecule has 38 heavy (non-hydrogen) atoms. The van der Waals surface area contributed by atoms with Crippen LogP contribution in [-0.4, -0.2) is 56.9 Å². The van der Waals surface area contributed by atoms with E-state index in [1.165, 1.54) is 4.90 Å². The van der Waals surface area contributed by atoms with Crippen LogP contribution in [0.4, 0.5) is 10.5 Å². The second kappa shape index (κ2) is 9.44. The molecule has 198 valence electrons. The fourth-order valence-corrected chi connectivity index (χ4v) is 5.85. The normalized spacial score (nSPS) is 20.8. The lowest BCUT2D eigenvalue weighted by Crippen LogP contribution is -2.64. The minimum absolute atomic E-state index is 0.0560. The fourth-order valence-electron chi connectivity index (χ4n) is 5.85. The Balaban J connectivity index is 1.62. The van der Waals surface area contributed by atoms with Gasteiger partial charge in [0.15, 0.2) is 6.61 Å². The molecule has 0 saturated heterocycles. The maximum atomic E-state index is 12.5. The zero-order valence-electron chi connectivity index (χ0n) is 22.1. The van der Waals surface area contributed by atoms with E-state index in [9.17, 15) is 19.8 Å². The molecule has 1 saturated carbocycles. The Bertz CT molecular complexity index is 1360. The van der Waals surface area contributed by atoms with E-state index in [-0.39, 0.29) is 12.5 Å². The summed E-state index contributed by atoms with van der Waals surface area (Å²) in [5.41, 5.74) is 3.40. The molecule has 0 unspecified atom stereocenters. The summed E-state index contributed by atoms with van der Waals surface area (Å²) in [6.45, 7) is 7.99. The number of rotatable bonds is 5. The molecule has 2 aromatic carbocycles. The van der Waals surface area contributed by atoms with Crippen molar-refractivity contribution in [2.45, 2.75) is 57.7 Å². The van der Waals surface area contributed by atoms with Crippen LogP contribution < -0.4 is 9.64 Å². The first-order chi connectivity index (χ1) is 18.0. The molecule has 1 fully saturated rings. The summed E-state index contributed by atoms with van der Waals surface area (Å²) in [6, 6.07) is 19.6. The third-order valence-electron chi connectivity index (χ3n) is 7.43. The van der Waals surface area contributed by atoms with E-state index >= 15 is 0 Å². The monoisotopic (exact) mass is 515 g/mol. The number of hydrogen-bond donors (Lipinski definition) is 2. The second-order valence-electron chi connectivity index (χ2n) is 11.0. The van der Waals surface area contributed by atoms with Crippen molar-refractivity contribution >= 4 is 17.7 Å². The fraction of sp³-hybridized carbons (Fsp3) is 0.367. The zero-order valence-corrected chi connectivity index (χ0v) is 22.1. The molecule has 8 heteroatoms. The van der Waals surface area contributed by atoms with Crippen LogP contribution in [-0.2, 0) is 10.3 Å². The van der Waals surface area contributed by atoms with E-state index in [1.807, 2.05) is 88.4 Å². The molecular weight excluding hydrogens is 482 g/mol. The van der Waals surface area contributed by atoms with Gasteiger partial charge in [0, 0.05) is 36.1 Å². The highest BCUT2D eigenvalue weighted by molar-refractivity contribution is 5.99. The number of fused-ring (bicyclic) bond motifs is 1. The van der Waals surface area contributed by atoms with Gasteiger partial charge in [0.05, 0.1) is 17.3 Å². The van der Waals surface area contributed by atoms with Crippen molar-refractivity contribution in [3.63, 3.8) is 0 Å². The van der Waals surface area contributed by atoms with Crippen LogP contribution in [0.1, 0.15) is 46.1 Å². The van der Waals surface area contributed by atoms with Crippen molar-refractivity contribution in [1.82, 2.24) is 9.88 Å². The van der Waals surface area contributed by atoms with E-state index in [0.29, 0.717) is 36.6 Å². The summed E-state index contributed by atoms with van der Waals surface area (Å²) >= 11 is 0. The van der Waals surface area contributed by atoms with E-state index in [1.54, 1.807) is 4.90 Å². The molecule has 3 aromatic rings. The Labute approximate surface area is 222 Å². The Morgan fingerprint density at radius 1 is 1.11 bits per heavy atom. The number of nitrogens with zero attached hydrogens (tertiary/aromatic N) is 3. The molecule has 0 atom stereocenters. The van der Waals surface area contributed by atoms with Crippen LogP contribution in [0.5, 0.6) is 5.88 Å². The molecule has 1 aromatic heterocycles. The molecule has 5 rings (SSSR count). The number of aromatic nitrogens is 1. The highest BCUT2D eigenvalue weighted by Gasteiger charge is 2.54. The van der Waals surface area contributed by atoms with Gasteiger partial charge in [-0.1, -0.05) is 54.6 Å². The summed E-state index contributed by atoms with van der Waals surface area (Å²) in [7, 11) is 0. The van der Waals surface area contributed by atoms with Crippen LogP contribution in [0.2, 0.25) is 0 Å². The average Bonchev–Trinajstić information content (AvgIpc) is 2.86. The minimum Gasteiger partial charge on any atom is -0.466 e. The Morgan fingerprint density at radius 2 is 1.76 bits per heavy atom. The van der Waals surface area contributed by atoms with Gasteiger partial charge in [-0.2, -0.15) is 0 Å². The van der Waals surface area contributed by atoms with Gasteiger partial charge in [0.1, 0.15) is 5.69 Å². The van der Waals surface area contributed by atoms with Crippen molar-refractivity contribution in [3.8, 4) is 28.3 Å². The van der Waals surface area contributed by atoms with Gasteiger partial charge < -0.3 is 19.8 Å². The lowest BCUT2D eigenvalue weighted by molar-refractivity contribution is -0.121. The van der Waals surface area contributed by atoms with Gasteiger partial charge in [-0.3, -0.25) is 9.69 Å². The largest absolute Gasteiger partial charge is 0.466 e. The summed E-state index contributed by atoms with van der Waals surface area (Å²) in [6.07, 6.45) is -0.871. The topological polar surface area (TPSA) is 103 Å². The first kappa shape index (κ1) is 25.7. The molecule has 0 bridgehead atoms. The average molecular weight is 516 g/mol. The Morgan fingerprint density at radius 3 is 2.32 bits per heavy atom. The minimum atomic E-state index is -1.01. The third-order valence-corrected chi connectivity index (χ3v) is 7.43. The van der Waals surface area contributed by atoms with Crippen LogP contribution in [0.25, 0.3) is 22.4 Å². The Kier molecular flexibility index (Phi) is 6.39. The number of carboxylic acid groups (broad SMARTS) is 1. The van der Waals surface area contributed by atoms with E-state index in [4.69, 9.17) is 9.72 Å². The van der Waals surface area contributed by atoms with E-state index in [2.05, 4.69) is 0 Å². The van der Waals surface area contributed by atoms with Gasteiger partial charge in [-0.15, -0.1) is 0 Å². The number of carbonyl (C=O) groups excluding carboxylic acids is 1. The highest BCUT2D eigenvalue weighted by Crippen LogP contribution is 2.50. The van der Waals surface area contributed by atoms with E-state index in [0.717, 1.165) is 22.3 Å². The van der Waals surface area contributed by atoms with E-state index < -0.39 is 23.3 Å². The molecule has 2 N–H and O–H groups in total. The Hall–Kier alpha value is -3.91. The van der Waals surface area contributed by atoms with Gasteiger partial charge >= 0.3 is 6.09 Å². The number of carbonyl (C=O) groups is 2. The van der Waals surface area contributed by atoms with Crippen molar-refractivity contribution in [2.75, 3.05) is 18.1 Å². The maximum absolute atomic E-state index is 12.5. The summed E-state index contributed by atoms with van der Waals surface area (Å²) in [5.74, 6) is 0.307. The lowest BCUT2D eigenvalue weighted by atomic mass is 9.67. The number of anilines is 1. The quantitative estimate of drug-likeness (QED) is 0.479. The molecule has 2 amide bonds. The number of aliphatic hydroxyl groups excluding tert-OH is 1. The highest BCUT2D eigenvalue weighted by atomic mass is 16.5. The van der Waals surface area contributed by atoms with Gasteiger partial charge in [-0.25, -0.2) is 9.78 Å². The third kappa shape index (κ3) is 4.28.